The molecule has 0 aliphatic heterocycles. The van der Waals surface area contributed by atoms with E-state index in [-0.39, 0.29) is 12.1 Å². The predicted octanol–water partition coefficient (Wildman–Crippen LogP) is 2.31. The zero-order valence-electron chi connectivity index (χ0n) is 9.00. The second kappa shape index (κ2) is 6.60. The van der Waals surface area contributed by atoms with Gasteiger partial charge in [-0.2, -0.15) is 0 Å². The molecule has 1 aromatic heterocycles. The predicted molar refractivity (Wildman–Crippen MR) is 67.9 cm³/mol. The third-order valence-electron chi connectivity index (χ3n) is 2.33. The zero-order valence-corrected chi connectivity index (χ0v) is 11.4. The first-order valence-corrected chi connectivity index (χ1v) is 6.49. The highest BCUT2D eigenvalue weighted by Crippen LogP contribution is 2.23. The summed E-state index contributed by atoms with van der Waals surface area (Å²) in [6.07, 6.45) is 2.10. The molecule has 0 radical (unpaired) electrons. The van der Waals surface area contributed by atoms with Crippen molar-refractivity contribution in [3.63, 3.8) is 0 Å². The second-order valence-electron chi connectivity index (χ2n) is 3.56. The van der Waals surface area contributed by atoms with Crippen LogP contribution in [0.3, 0.4) is 0 Å². The number of hydrazine groups is 1. The number of hydrogen-bond acceptors (Lipinski definition) is 4. The minimum Gasteiger partial charge on any atom is -0.382 e. The molecule has 1 heterocycles. The van der Waals surface area contributed by atoms with Crippen molar-refractivity contribution in [1.82, 2.24) is 5.43 Å². The Morgan fingerprint density at radius 1 is 1.60 bits per heavy atom. The molecule has 15 heavy (non-hydrogen) atoms. The van der Waals surface area contributed by atoms with Crippen molar-refractivity contribution >= 4 is 27.3 Å². The number of nitrogens with one attached hydrogen (secondary N) is 1. The fraction of sp³-hybridized carbons (Fsp3) is 0.600. The summed E-state index contributed by atoms with van der Waals surface area (Å²) in [7, 11) is 1.72. The van der Waals surface area contributed by atoms with E-state index in [1.165, 1.54) is 4.88 Å². The number of nitrogens with two attached hydrogens (primary N) is 1. The number of halogens is 1. The van der Waals surface area contributed by atoms with Gasteiger partial charge in [0.25, 0.3) is 0 Å². The van der Waals surface area contributed by atoms with E-state index in [4.69, 9.17) is 10.6 Å². The maximum Gasteiger partial charge on any atom is 0.0701 e. The van der Waals surface area contributed by atoms with Crippen LogP contribution in [0.15, 0.2) is 15.9 Å². The van der Waals surface area contributed by atoms with Crippen molar-refractivity contribution in [2.45, 2.75) is 31.9 Å². The van der Waals surface area contributed by atoms with Gasteiger partial charge < -0.3 is 4.74 Å². The van der Waals surface area contributed by atoms with Crippen molar-refractivity contribution in [3.8, 4) is 0 Å². The summed E-state index contributed by atoms with van der Waals surface area (Å²) in [5, 5.41) is 0. The van der Waals surface area contributed by atoms with E-state index >= 15 is 0 Å². The van der Waals surface area contributed by atoms with Gasteiger partial charge in [-0.15, -0.1) is 11.3 Å². The zero-order chi connectivity index (χ0) is 11.3. The molecular formula is C10H17BrN2OS. The van der Waals surface area contributed by atoms with E-state index in [1.807, 2.05) is 0 Å². The average Bonchev–Trinajstić information content (AvgIpc) is 2.62. The molecule has 86 valence electrons. The van der Waals surface area contributed by atoms with E-state index in [0.717, 1.165) is 16.6 Å². The minimum absolute atomic E-state index is 0.231. The summed E-state index contributed by atoms with van der Waals surface area (Å²) in [6, 6.07) is 4.45. The number of methoxy groups -OCH3 is 1. The lowest BCUT2D eigenvalue weighted by Gasteiger charge is -2.18. The summed E-state index contributed by atoms with van der Waals surface area (Å²) in [6.45, 7) is 2.05. The van der Waals surface area contributed by atoms with Crippen LogP contribution in [0.25, 0.3) is 0 Å². The molecule has 0 aliphatic rings. The van der Waals surface area contributed by atoms with Crippen molar-refractivity contribution in [2.24, 2.45) is 5.84 Å². The lowest BCUT2D eigenvalue weighted by Crippen LogP contribution is -2.39. The molecule has 1 rings (SSSR count). The van der Waals surface area contributed by atoms with Crippen LogP contribution in [0.2, 0.25) is 0 Å². The van der Waals surface area contributed by atoms with E-state index in [0.29, 0.717) is 0 Å². The molecule has 0 amide bonds. The highest BCUT2D eigenvalue weighted by atomic mass is 79.9. The first kappa shape index (κ1) is 13.1. The molecule has 0 saturated heterocycles. The van der Waals surface area contributed by atoms with E-state index in [9.17, 15) is 0 Å². The first-order valence-electron chi connectivity index (χ1n) is 4.88. The van der Waals surface area contributed by atoms with Gasteiger partial charge in [0.05, 0.1) is 9.89 Å². The summed E-state index contributed by atoms with van der Waals surface area (Å²) in [5.74, 6) is 5.52. The smallest absolute Gasteiger partial charge is 0.0701 e. The molecule has 0 spiro atoms. The van der Waals surface area contributed by atoms with E-state index in [2.05, 4.69) is 40.4 Å². The molecule has 3 nitrogen and oxygen atoms in total. The summed E-state index contributed by atoms with van der Waals surface area (Å²) < 4.78 is 6.38. The number of thiophene rings is 1. The van der Waals surface area contributed by atoms with Gasteiger partial charge in [-0.1, -0.05) is 0 Å². The molecule has 0 aliphatic carbocycles. The Hall–Kier alpha value is 0.0600. The van der Waals surface area contributed by atoms with Gasteiger partial charge in [-0.25, -0.2) is 0 Å². The summed E-state index contributed by atoms with van der Waals surface area (Å²) >= 11 is 5.20. The Labute approximate surface area is 103 Å². The van der Waals surface area contributed by atoms with Crippen molar-refractivity contribution < 1.29 is 4.74 Å². The van der Waals surface area contributed by atoms with Crippen LogP contribution in [0.5, 0.6) is 0 Å². The van der Waals surface area contributed by atoms with Crippen molar-refractivity contribution in [1.29, 1.82) is 0 Å². The third-order valence-corrected chi connectivity index (χ3v) is 3.98. The fourth-order valence-electron chi connectivity index (χ4n) is 1.41. The van der Waals surface area contributed by atoms with Gasteiger partial charge >= 0.3 is 0 Å². The number of ether oxygens (including phenoxy) is 1. The largest absolute Gasteiger partial charge is 0.382 e. The van der Waals surface area contributed by atoms with Crippen LogP contribution < -0.4 is 11.3 Å². The molecule has 2 unspecified atom stereocenters. The Morgan fingerprint density at radius 2 is 2.33 bits per heavy atom. The summed E-state index contributed by atoms with van der Waals surface area (Å²) in [5.41, 5.74) is 2.84. The number of hydrogen-bond donors (Lipinski definition) is 2. The second-order valence-corrected chi connectivity index (χ2v) is 6.10. The van der Waals surface area contributed by atoms with Gasteiger partial charge in [0.15, 0.2) is 0 Å². The van der Waals surface area contributed by atoms with Crippen molar-refractivity contribution in [2.75, 3.05) is 7.11 Å². The standard InChI is InChI=1S/C10H17BrN2OS/c1-7(14-2)5-8(13-12)6-9-3-4-10(11)15-9/h3-4,7-8,13H,5-6,12H2,1-2H3. The molecule has 0 aromatic carbocycles. The number of rotatable bonds is 6. The molecule has 5 heteroatoms. The quantitative estimate of drug-likeness (QED) is 0.625. The van der Waals surface area contributed by atoms with Gasteiger partial charge in [0, 0.05) is 18.0 Å². The van der Waals surface area contributed by atoms with Gasteiger partial charge in [0.1, 0.15) is 0 Å². The normalized spacial score (nSPS) is 15.2. The highest BCUT2D eigenvalue weighted by Gasteiger charge is 2.13. The SMILES string of the molecule is COC(C)CC(Cc1ccc(Br)s1)NN. The molecule has 0 saturated carbocycles. The van der Waals surface area contributed by atoms with Crippen LogP contribution in [0.1, 0.15) is 18.2 Å². The third kappa shape index (κ3) is 4.61. The van der Waals surface area contributed by atoms with Crippen LogP contribution in [0, 0.1) is 0 Å². The van der Waals surface area contributed by atoms with E-state index < -0.39 is 0 Å². The Balaban J connectivity index is 2.46. The minimum atomic E-state index is 0.231. The topological polar surface area (TPSA) is 47.3 Å². The van der Waals surface area contributed by atoms with Crippen LogP contribution >= 0.6 is 27.3 Å². The van der Waals surface area contributed by atoms with E-state index in [1.54, 1.807) is 18.4 Å². The molecule has 1 aromatic rings. The summed E-state index contributed by atoms with van der Waals surface area (Å²) in [4.78, 5) is 1.33. The lowest BCUT2D eigenvalue weighted by atomic mass is 10.1. The molecular weight excluding hydrogens is 276 g/mol. The maximum absolute atomic E-state index is 5.52. The van der Waals surface area contributed by atoms with Crippen molar-refractivity contribution in [3.05, 3.63) is 20.8 Å². The van der Waals surface area contributed by atoms with Crippen LogP contribution in [-0.2, 0) is 11.2 Å². The molecule has 2 atom stereocenters. The van der Waals surface area contributed by atoms with Gasteiger partial charge in [0.2, 0.25) is 0 Å². The lowest BCUT2D eigenvalue weighted by molar-refractivity contribution is 0.100. The maximum atomic E-state index is 5.52. The Morgan fingerprint density at radius 3 is 2.80 bits per heavy atom. The highest BCUT2D eigenvalue weighted by molar-refractivity contribution is 9.11. The monoisotopic (exact) mass is 292 g/mol. The molecule has 0 bridgehead atoms. The Kier molecular flexibility index (Phi) is 5.78. The van der Waals surface area contributed by atoms with Crippen LogP contribution in [-0.4, -0.2) is 19.3 Å². The van der Waals surface area contributed by atoms with Gasteiger partial charge in [-0.05, 0) is 47.8 Å². The molecule has 0 fully saturated rings. The average molecular weight is 293 g/mol. The Bertz CT molecular complexity index is 293. The first-order chi connectivity index (χ1) is 7.15. The molecule has 3 N–H and O–H groups in total. The van der Waals surface area contributed by atoms with Crippen LogP contribution in [0.4, 0.5) is 0 Å². The fourth-order valence-corrected chi connectivity index (χ4v) is 2.97. The van der Waals surface area contributed by atoms with Gasteiger partial charge in [-0.3, -0.25) is 11.3 Å².